The molecule has 0 spiro atoms. The van der Waals surface area contributed by atoms with Crippen LogP contribution < -0.4 is 0 Å². The third-order valence-electron chi connectivity index (χ3n) is 9.01. The van der Waals surface area contributed by atoms with Gasteiger partial charge in [-0.2, -0.15) is 0 Å². The van der Waals surface area contributed by atoms with Crippen molar-refractivity contribution in [2.45, 2.75) is 78.2 Å². The molecular formula is C22H32AcO3. The van der Waals surface area contributed by atoms with E-state index in [1.807, 2.05) is 6.08 Å². The van der Waals surface area contributed by atoms with Gasteiger partial charge in [-0.15, -0.1) is 0 Å². The summed E-state index contributed by atoms with van der Waals surface area (Å²) in [5.41, 5.74) is 0.107. The summed E-state index contributed by atoms with van der Waals surface area (Å²) in [7, 11) is 0. The van der Waals surface area contributed by atoms with Crippen LogP contribution >= 0.6 is 0 Å². The van der Waals surface area contributed by atoms with Gasteiger partial charge in [-0.1, -0.05) is 26.3 Å². The first-order valence-corrected chi connectivity index (χ1v) is 10.1. The first kappa shape index (κ1) is 21.2. The molecule has 0 aliphatic heterocycles. The molecule has 0 aromatic carbocycles. The number of hydrogen-bond donors (Lipinski definition) is 1. The first-order valence-electron chi connectivity index (χ1n) is 10.1. The van der Waals surface area contributed by atoms with Gasteiger partial charge in [0.1, 0.15) is 5.60 Å². The van der Waals surface area contributed by atoms with Crippen LogP contribution in [0.5, 0.6) is 0 Å². The van der Waals surface area contributed by atoms with Crippen molar-refractivity contribution in [3.8, 4) is 0 Å². The predicted octanol–water partition coefficient (Wildman–Crippen LogP) is 4.08. The molecule has 4 aliphatic rings. The molecule has 0 heterocycles. The van der Waals surface area contributed by atoms with Crippen LogP contribution in [-0.2, 0) is 9.59 Å². The Bertz CT molecular complexity index is 670. The van der Waals surface area contributed by atoms with E-state index in [-0.39, 0.29) is 60.7 Å². The van der Waals surface area contributed by atoms with Crippen LogP contribution in [0.3, 0.4) is 0 Å². The van der Waals surface area contributed by atoms with Crippen molar-refractivity contribution in [2.24, 2.45) is 34.5 Å². The standard InChI is InChI=1S/C22H32O3.Ac/c1-13-11-16-17(20(3)8-5-15(24)12-19(13)20)6-9-21(4)18(16)7-10-22(21,25)14(2)23;/h12-13,16-18,25H,5-11H2,1-4H3;. The third-order valence-corrected chi connectivity index (χ3v) is 9.01. The Labute approximate surface area is 193 Å². The number of hydrogen-bond acceptors (Lipinski definition) is 3. The fraction of sp³-hybridized carbons (Fsp3) is 0.818. The smallest absolute Gasteiger partial charge is 0.161 e. The van der Waals surface area contributed by atoms with Crippen molar-refractivity contribution in [2.75, 3.05) is 0 Å². The van der Waals surface area contributed by atoms with Gasteiger partial charge in [0.05, 0.1) is 0 Å². The van der Waals surface area contributed by atoms with Gasteiger partial charge in [0.15, 0.2) is 11.6 Å². The number of carbonyl (C=O) groups excluding carboxylic acids is 2. The topological polar surface area (TPSA) is 54.4 Å². The van der Waals surface area contributed by atoms with E-state index in [9.17, 15) is 14.7 Å². The number of allylic oxidation sites excluding steroid dienone is 1. The number of fused-ring (bicyclic) bond motifs is 5. The second kappa shape index (κ2) is 6.77. The minimum atomic E-state index is -1.13. The molecule has 1 N–H and O–H groups in total. The molecule has 3 fully saturated rings. The molecule has 0 aromatic rings. The minimum Gasteiger partial charge on any atom is -0.382 e. The van der Waals surface area contributed by atoms with Gasteiger partial charge in [-0.3, -0.25) is 9.59 Å². The first-order chi connectivity index (χ1) is 11.6. The molecule has 0 saturated heterocycles. The van der Waals surface area contributed by atoms with Crippen molar-refractivity contribution < 1.29 is 58.8 Å². The maximum atomic E-state index is 12.3. The number of ketones is 2. The molecule has 0 bridgehead atoms. The number of carbonyl (C=O) groups is 2. The Morgan fingerprint density at radius 2 is 1.81 bits per heavy atom. The average Bonchev–Trinajstić information content (AvgIpc) is 2.83. The quantitative estimate of drug-likeness (QED) is 0.516. The molecule has 4 rings (SSSR count). The number of aliphatic hydroxyl groups is 1. The number of Topliss-reactive ketones (excluding diaryl/α,β-unsaturated/α-hetero) is 1. The van der Waals surface area contributed by atoms with Gasteiger partial charge in [0, 0.05) is 55.9 Å². The molecule has 26 heavy (non-hydrogen) atoms. The molecule has 0 aromatic heterocycles. The maximum Gasteiger partial charge on any atom is 0.161 e. The zero-order chi connectivity index (χ0) is 18.2. The van der Waals surface area contributed by atoms with E-state index in [0.717, 1.165) is 32.1 Å². The van der Waals surface area contributed by atoms with Crippen LogP contribution in [0, 0.1) is 78.6 Å². The SMILES string of the molecule is CC(=O)C1(O)CCC2C3CC(C)C4=CC(=O)CCC4(C)C3CCC21C.[Ac]. The van der Waals surface area contributed by atoms with E-state index in [4.69, 9.17) is 0 Å². The van der Waals surface area contributed by atoms with Gasteiger partial charge in [-0.25, -0.2) is 0 Å². The Balaban J connectivity index is 0.00000196. The van der Waals surface area contributed by atoms with E-state index in [0.29, 0.717) is 42.3 Å². The zero-order valence-corrected chi connectivity index (χ0v) is 21.4. The Kier molecular flexibility index (Phi) is 5.52. The average molecular weight is 571 g/mol. The summed E-state index contributed by atoms with van der Waals surface area (Å²) in [5.74, 6) is 2.27. The zero-order valence-electron chi connectivity index (χ0n) is 16.7. The Morgan fingerprint density at radius 3 is 2.46 bits per heavy atom. The van der Waals surface area contributed by atoms with Crippen LogP contribution in [0.2, 0.25) is 0 Å². The normalized spacial score (nSPS) is 50.0. The van der Waals surface area contributed by atoms with Crippen LogP contribution in [0.25, 0.3) is 0 Å². The second-order valence-corrected chi connectivity index (χ2v) is 9.91. The van der Waals surface area contributed by atoms with Gasteiger partial charge < -0.3 is 5.11 Å². The summed E-state index contributed by atoms with van der Waals surface area (Å²) in [6.45, 7) is 8.40. The molecular weight excluding hydrogens is 539 g/mol. The van der Waals surface area contributed by atoms with Gasteiger partial charge >= 0.3 is 0 Å². The summed E-state index contributed by atoms with van der Waals surface area (Å²) in [6.07, 6.45) is 8.31. The summed E-state index contributed by atoms with van der Waals surface area (Å²) in [5, 5.41) is 11.2. The molecule has 1 radical (unpaired) electrons. The van der Waals surface area contributed by atoms with Crippen molar-refractivity contribution in [1.82, 2.24) is 0 Å². The molecule has 7 unspecified atom stereocenters. The van der Waals surface area contributed by atoms with Crippen molar-refractivity contribution >= 4 is 11.6 Å². The second-order valence-electron chi connectivity index (χ2n) is 9.91. The minimum absolute atomic E-state index is 0. The Morgan fingerprint density at radius 1 is 1.15 bits per heavy atom. The largest absolute Gasteiger partial charge is 0.382 e. The fourth-order valence-corrected chi connectivity index (χ4v) is 7.58. The molecule has 7 atom stereocenters. The summed E-state index contributed by atoms with van der Waals surface area (Å²) < 4.78 is 0. The van der Waals surface area contributed by atoms with E-state index in [1.165, 1.54) is 5.57 Å². The van der Waals surface area contributed by atoms with E-state index >= 15 is 0 Å². The van der Waals surface area contributed by atoms with Crippen molar-refractivity contribution in [3.63, 3.8) is 0 Å². The van der Waals surface area contributed by atoms with Crippen molar-refractivity contribution in [3.05, 3.63) is 11.6 Å². The molecule has 0 amide bonds. The van der Waals surface area contributed by atoms with Gasteiger partial charge in [0.25, 0.3) is 0 Å². The van der Waals surface area contributed by atoms with Gasteiger partial charge in [0.2, 0.25) is 0 Å². The molecule has 3 nitrogen and oxygen atoms in total. The third kappa shape index (κ3) is 2.64. The molecule has 141 valence electrons. The van der Waals surface area contributed by atoms with Crippen molar-refractivity contribution in [1.29, 1.82) is 0 Å². The molecule has 4 heteroatoms. The van der Waals surface area contributed by atoms with E-state index in [2.05, 4.69) is 20.8 Å². The van der Waals surface area contributed by atoms with Crippen LogP contribution in [-0.4, -0.2) is 22.3 Å². The Hall–Kier alpha value is 0.482. The predicted molar refractivity (Wildman–Crippen MR) is 96.9 cm³/mol. The van der Waals surface area contributed by atoms with Crippen LogP contribution in [0.15, 0.2) is 11.6 Å². The molecule has 3 saturated carbocycles. The van der Waals surface area contributed by atoms with E-state index in [1.54, 1.807) is 6.92 Å². The van der Waals surface area contributed by atoms with Crippen LogP contribution in [0.1, 0.15) is 72.6 Å². The summed E-state index contributed by atoms with van der Waals surface area (Å²) in [4.78, 5) is 24.3. The van der Waals surface area contributed by atoms with Gasteiger partial charge in [-0.05, 0) is 80.6 Å². The number of rotatable bonds is 1. The fourth-order valence-electron chi connectivity index (χ4n) is 7.58. The summed E-state index contributed by atoms with van der Waals surface area (Å²) in [6, 6.07) is 0. The molecule has 4 aliphatic carbocycles. The van der Waals surface area contributed by atoms with E-state index < -0.39 is 5.60 Å². The monoisotopic (exact) mass is 571 g/mol. The summed E-state index contributed by atoms with van der Waals surface area (Å²) >= 11 is 0. The maximum absolute atomic E-state index is 12.3. The van der Waals surface area contributed by atoms with Crippen LogP contribution in [0.4, 0.5) is 0 Å².